The SMILES string of the molecule is O=C1N/C(=C/c2cccc([N+](=O)[O-])c2O)C(=O)N1Cc1ccccc1F. The van der Waals surface area contributed by atoms with Gasteiger partial charge >= 0.3 is 11.7 Å². The van der Waals surface area contributed by atoms with Crippen molar-refractivity contribution in [1.82, 2.24) is 10.2 Å². The highest BCUT2D eigenvalue weighted by Gasteiger charge is 2.34. The summed E-state index contributed by atoms with van der Waals surface area (Å²) in [6.45, 7) is -0.268. The number of aromatic hydroxyl groups is 1. The summed E-state index contributed by atoms with van der Waals surface area (Å²) in [6.07, 6.45) is 1.13. The van der Waals surface area contributed by atoms with Gasteiger partial charge in [0.2, 0.25) is 5.75 Å². The number of nitro benzene ring substituents is 1. The number of urea groups is 1. The predicted molar refractivity (Wildman–Crippen MR) is 88.2 cm³/mol. The number of nitrogens with zero attached hydrogens (tertiary/aromatic N) is 2. The van der Waals surface area contributed by atoms with E-state index in [4.69, 9.17) is 0 Å². The molecule has 1 heterocycles. The number of hydrogen-bond donors (Lipinski definition) is 2. The van der Waals surface area contributed by atoms with E-state index in [1.807, 2.05) is 0 Å². The number of carbonyl (C=O) groups excluding carboxylic acids is 2. The van der Waals surface area contributed by atoms with Gasteiger partial charge in [-0.05, 0) is 12.1 Å². The fourth-order valence-electron chi connectivity index (χ4n) is 2.48. The Morgan fingerprint density at radius 3 is 2.62 bits per heavy atom. The van der Waals surface area contributed by atoms with Crippen molar-refractivity contribution in [3.05, 3.63) is 75.2 Å². The van der Waals surface area contributed by atoms with Crippen molar-refractivity contribution in [1.29, 1.82) is 0 Å². The van der Waals surface area contributed by atoms with Crippen molar-refractivity contribution in [2.45, 2.75) is 6.54 Å². The molecule has 3 rings (SSSR count). The average molecular weight is 357 g/mol. The summed E-state index contributed by atoms with van der Waals surface area (Å²) < 4.78 is 13.7. The van der Waals surface area contributed by atoms with Crippen LogP contribution in [0.25, 0.3) is 6.08 Å². The molecule has 9 heteroatoms. The number of para-hydroxylation sites is 1. The van der Waals surface area contributed by atoms with E-state index < -0.39 is 34.1 Å². The number of hydrogen-bond acceptors (Lipinski definition) is 5. The Bertz CT molecular complexity index is 957. The molecule has 132 valence electrons. The maximum Gasteiger partial charge on any atom is 0.329 e. The molecule has 0 unspecified atom stereocenters. The molecule has 2 N–H and O–H groups in total. The molecule has 0 aromatic heterocycles. The number of amides is 3. The van der Waals surface area contributed by atoms with Crippen LogP contribution in [0.2, 0.25) is 0 Å². The average Bonchev–Trinajstić information content (AvgIpc) is 2.86. The van der Waals surface area contributed by atoms with Crippen LogP contribution in [0.3, 0.4) is 0 Å². The molecule has 8 nitrogen and oxygen atoms in total. The normalized spacial score (nSPS) is 15.4. The highest BCUT2D eigenvalue weighted by molar-refractivity contribution is 6.14. The number of carbonyl (C=O) groups is 2. The Labute approximate surface area is 146 Å². The number of nitrogens with one attached hydrogen (secondary N) is 1. The zero-order valence-corrected chi connectivity index (χ0v) is 13.2. The second-order valence-corrected chi connectivity index (χ2v) is 5.44. The van der Waals surface area contributed by atoms with E-state index in [2.05, 4.69) is 5.32 Å². The first kappa shape index (κ1) is 17.1. The second-order valence-electron chi connectivity index (χ2n) is 5.44. The van der Waals surface area contributed by atoms with Crippen molar-refractivity contribution < 1.29 is 24.0 Å². The quantitative estimate of drug-likeness (QED) is 0.378. The Morgan fingerprint density at radius 2 is 1.92 bits per heavy atom. The number of benzene rings is 2. The molecule has 1 fully saturated rings. The van der Waals surface area contributed by atoms with Crippen molar-refractivity contribution in [3.63, 3.8) is 0 Å². The van der Waals surface area contributed by atoms with Gasteiger partial charge in [0.25, 0.3) is 5.91 Å². The van der Waals surface area contributed by atoms with Crippen LogP contribution in [0.1, 0.15) is 11.1 Å². The minimum absolute atomic E-state index is 0.00408. The lowest BCUT2D eigenvalue weighted by atomic mass is 10.1. The lowest BCUT2D eigenvalue weighted by Crippen LogP contribution is -2.30. The van der Waals surface area contributed by atoms with E-state index >= 15 is 0 Å². The van der Waals surface area contributed by atoms with Gasteiger partial charge in [-0.1, -0.05) is 30.3 Å². The van der Waals surface area contributed by atoms with Crippen LogP contribution in [0, 0.1) is 15.9 Å². The summed E-state index contributed by atoms with van der Waals surface area (Å²) in [6, 6.07) is 8.77. The molecule has 3 amide bonds. The highest BCUT2D eigenvalue weighted by Crippen LogP contribution is 2.31. The molecular formula is C17H12FN3O5. The number of nitro groups is 1. The molecule has 2 aromatic carbocycles. The Hall–Kier alpha value is -3.75. The van der Waals surface area contributed by atoms with E-state index in [1.165, 1.54) is 30.3 Å². The summed E-state index contributed by atoms with van der Waals surface area (Å²) in [7, 11) is 0. The number of phenols is 1. The fraction of sp³-hybridized carbons (Fsp3) is 0.0588. The van der Waals surface area contributed by atoms with Crippen LogP contribution in [0.15, 0.2) is 48.2 Å². The Kier molecular flexibility index (Phi) is 4.36. The third-order valence-electron chi connectivity index (χ3n) is 3.79. The number of rotatable bonds is 4. The van der Waals surface area contributed by atoms with Gasteiger partial charge in [-0.25, -0.2) is 9.18 Å². The Balaban J connectivity index is 1.90. The lowest BCUT2D eigenvalue weighted by molar-refractivity contribution is -0.385. The summed E-state index contributed by atoms with van der Waals surface area (Å²) in [5.41, 5.74) is -0.549. The first-order chi connectivity index (χ1) is 12.4. The second kappa shape index (κ2) is 6.63. The van der Waals surface area contributed by atoms with Gasteiger partial charge in [-0.3, -0.25) is 19.8 Å². The van der Waals surface area contributed by atoms with Gasteiger partial charge in [0.15, 0.2) is 0 Å². The van der Waals surface area contributed by atoms with Crippen LogP contribution >= 0.6 is 0 Å². The zero-order chi connectivity index (χ0) is 18.8. The van der Waals surface area contributed by atoms with E-state index in [1.54, 1.807) is 6.07 Å². The third-order valence-corrected chi connectivity index (χ3v) is 3.79. The van der Waals surface area contributed by atoms with E-state index in [0.717, 1.165) is 17.0 Å². The lowest BCUT2D eigenvalue weighted by Gasteiger charge is -2.12. The summed E-state index contributed by atoms with van der Waals surface area (Å²) >= 11 is 0. The molecule has 2 aromatic rings. The molecule has 0 saturated carbocycles. The fourth-order valence-corrected chi connectivity index (χ4v) is 2.48. The van der Waals surface area contributed by atoms with E-state index in [-0.39, 0.29) is 23.4 Å². The maximum atomic E-state index is 13.7. The first-order valence-electron chi connectivity index (χ1n) is 7.43. The number of phenolic OH excluding ortho intramolecular Hbond substituents is 1. The van der Waals surface area contributed by atoms with Gasteiger partial charge in [0, 0.05) is 17.2 Å². The molecule has 0 atom stereocenters. The first-order valence-corrected chi connectivity index (χ1v) is 7.43. The van der Waals surface area contributed by atoms with Gasteiger partial charge in [0.05, 0.1) is 11.5 Å². The molecule has 1 aliphatic rings. The monoisotopic (exact) mass is 357 g/mol. The number of imide groups is 1. The molecule has 26 heavy (non-hydrogen) atoms. The molecule has 0 aliphatic carbocycles. The zero-order valence-electron chi connectivity index (χ0n) is 13.2. The summed E-state index contributed by atoms with van der Waals surface area (Å²) in [5, 5.41) is 23.1. The van der Waals surface area contributed by atoms with Crippen molar-refractivity contribution in [3.8, 4) is 5.75 Å². The van der Waals surface area contributed by atoms with Crippen molar-refractivity contribution in [2.75, 3.05) is 0 Å². The third kappa shape index (κ3) is 3.09. The maximum absolute atomic E-state index is 13.7. The van der Waals surface area contributed by atoms with Gasteiger partial charge < -0.3 is 10.4 Å². The molecule has 0 radical (unpaired) electrons. The largest absolute Gasteiger partial charge is 0.502 e. The standard InChI is InChI=1S/C17H12FN3O5/c18-12-6-2-1-4-11(12)9-20-16(23)13(19-17(20)24)8-10-5-3-7-14(15(10)22)21(25)26/h1-8,22H,9H2,(H,19,24)/b13-8+. The van der Waals surface area contributed by atoms with Gasteiger partial charge in [-0.2, -0.15) is 0 Å². The van der Waals surface area contributed by atoms with Crippen LogP contribution in [0.5, 0.6) is 5.75 Å². The van der Waals surface area contributed by atoms with Crippen LogP contribution in [-0.2, 0) is 11.3 Å². The molecule has 1 saturated heterocycles. The molecule has 0 bridgehead atoms. The smallest absolute Gasteiger partial charge is 0.329 e. The van der Waals surface area contributed by atoms with E-state index in [0.29, 0.717) is 0 Å². The summed E-state index contributed by atoms with van der Waals surface area (Å²) in [5.74, 6) is -1.91. The minimum Gasteiger partial charge on any atom is -0.502 e. The Morgan fingerprint density at radius 1 is 1.19 bits per heavy atom. The summed E-state index contributed by atoms with van der Waals surface area (Å²) in [4.78, 5) is 35.3. The predicted octanol–water partition coefficient (Wildman–Crippen LogP) is 2.53. The minimum atomic E-state index is -0.767. The van der Waals surface area contributed by atoms with Crippen molar-refractivity contribution in [2.24, 2.45) is 0 Å². The number of halogens is 1. The van der Waals surface area contributed by atoms with Gasteiger partial charge in [-0.15, -0.1) is 0 Å². The van der Waals surface area contributed by atoms with Crippen LogP contribution in [0.4, 0.5) is 14.9 Å². The van der Waals surface area contributed by atoms with Crippen molar-refractivity contribution >= 4 is 23.7 Å². The highest BCUT2D eigenvalue weighted by atomic mass is 19.1. The van der Waals surface area contributed by atoms with Crippen LogP contribution in [-0.4, -0.2) is 26.9 Å². The molecular weight excluding hydrogens is 345 g/mol. The van der Waals surface area contributed by atoms with Crippen LogP contribution < -0.4 is 5.32 Å². The topological polar surface area (TPSA) is 113 Å². The van der Waals surface area contributed by atoms with Gasteiger partial charge in [0.1, 0.15) is 11.5 Å². The molecule has 0 spiro atoms. The van der Waals surface area contributed by atoms with E-state index in [9.17, 15) is 29.2 Å². The molecule has 1 aliphatic heterocycles.